The van der Waals surface area contributed by atoms with Crippen LogP contribution in [-0.4, -0.2) is 42.2 Å². The summed E-state index contributed by atoms with van der Waals surface area (Å²) in [5.41, 5.74) is 7.84. The third kappa shape index (κ3) is 4.17. The summed E-state index contributed by atoms with van der Waals surface area (Å²) in [6.45, 7) is 2.20. The molecule has 0 aromatic heterocycles. The van der Waals surface area contributed by atoms with Gasteiger partial charge in [0.2, 0.25) is 5.91 Å². The first-order valence-corrected chi connectivity index (χ1v) is 10.1. The lowest BCUT2D eigenvalue weighted by Gasteiger charge is -2.39. The molecule has 0 saturated carbocycles. The van der Waals surface area contributed by atoms with Crippen LogP contribution in [0.3, 0.4) is 0 Å². The molecule has 2 heterocycles. The second kappa shape index (κ2) is 8.11. The topological polar surface area (TPSA) is 64.8 Å². The zero-order chi connectivity index (χ0) is 19.6. The lowest BCUT2D eigenvalue weighted by molar-refractivity contribution is -0.137. The number of ether oxygens (including phenoxy) is 2. The van der Waals surface area contributed by atoms with Crippen LogP contribution in [0.5, 0.6) is 5.75 Å². The number of nitrogens with two attached hydrogens (primary N) is 1. The highest BCUT2D eigenvalue weighted by Crippen LogP contribution is 2.36. The summed E-state index contributed by atoms with van der Waals surface area (Å²) in [4.78, 5) is 15.1. The Labute approximate surface area is 170 Å². The Kier molecular flexibility index (Phi) is 5.58. The number of rotatable bonds is 3. The summed E-state index contributed by atoms with van der Waals surface area (Å²) in [5, 5.41) is 0.631. The molecule has 2 aromatic carbocycles. The molecule has 0 bridgehead atoms. The van der Waals surface area contributed by atoms with Crippen LogP contribution < -0.4 is 10.5 Å². The molecule has 1 amide bonds. The van der Waals surface area contributed by atoms with E-state index >= 15 is 0 Å². The van der Waals surface area contributed by atoms with Gasteiger partial charge in [-0.1, -0.05) is 41.9 Å². The number of amides is 1. The minimum absolute atomic E-state index is 0.0638. The number of hydrogen-bond acceptors (Lipinski definition) is 4. The molecule has 0 radical (unpaired) electrons. The molecule has 0 aliphatic carbocycles. The van der Waals surface area contributed by atoms with Gasteiger partial charge in [-0.25, -0.2) is 0 Å². The second-order valence-corrected chi connectivity index (χ2v) is 8.08. The van der Waals surface area contributed by atoms with Gasteiger partial charge in [0, 0.05) is 30.0 Å². The Balaban J connectivity index is 1.60. The largest absolute Gasteiger partial charge is 0.485 e. The minimum atomic E-state index is -0.597. The van der Waals surface area contributed by atoms with E-state index in [1.807, 2.05) is 53.4 Å². The van der Waals surface area contributed by atoms with Crippen molar-refractivity contribution in [1.29, 1.82) is 0 Å². The van der Waals surface area contributed by atoms with Crippen molar-refractivity contribution in [3.05, 3.63) is 64.7 Å². The standard InChI is InChI=1S/C22H25ClN2O3/c23-18-6-7-20-17(13-18)14-25(15-22(28-20)8-10-27-11-9-22)21(26)19(24)12-16-4-2-1-3-5-16/h1-7,13,19H,8-12,14-15,24H2/t19-/m1/s1. The summed E-state index contributed by atoms with van der Waals surface area (Å²) in [6, 6.07) is 14.9. The van der Waals surface area contributed by atoms with Crippen molar-refractivity contribution in [3.63, 3.8) is 0 Å². The van der Waals surface area contributed by atoms with E-state index in [4.69, 9.17) is 26.8 Å². The van der Waals surface area contributed by atoms with Gasteiger partial charge in [0.05, 0.1) is 25.8 Å². The Bertz CT molecular complexity index is 837. The molecule has 148 valence electrons. The van der Waals surface area contributed by atoms with E-state index in [1.54, 1.807) is 0 Å². The third-order valence-corrected chi connectivity index (χ3v) is 5.76. The minimum Gasteiger partial charge on any atom is -0.485 e. The number of hydrogen-bond donors (Lipinski definition) is 1. The smallest absolute Gasteiger partial charge is 0.240 e. The van der Waals surface area contributed by atoms with Gasteiger partial charge >= 0.3 is 0 Å². The quantitative estimate of drug-likeness (QED) is 0.859. The van der Waals surface area contributed by atoms with E-state index in [0.29, 0.717) is 37.7 Å². The number of fused-ring (bicyclic) bond motifs is 1. The van der Waals surface area contributed by atoms with Crippen molar-refractivity contribution < 1.29 is 14.3 Å². The van der Waals surface area contributed by atoms with Crippen LogP contribution in [0.25, 0.3) is 0 Å². The number of carbonyl (C=O) groups excluding carboxylic acids is 1. The number of nitrogens with zero attached hydrogens (tertiary/aromatic N) is 1. The highest BCUT2D eigenvalue weighted by atomic mass is 35.5. The van der Waals surface area contributed by atoms with Crippen molar-refractivity contribution in [2.45, 2.75) is 37.5 Å². The lowest BCUT2D eigenvalue weighted by Crippen LogP contribution is -2.54. The average Bonchev–Trinajstić information content (AvgIpc) is 2.85. The summed E-state index contributed by atoms with van der Waals surface area (Å²) in [6.07, 6.45) is 2.00. The molecule has 5 nitrogen and oxygen atoms in total. The number of carbonyl (C=O) groups is 1. The predicted molar refractivity (Wildman–Crippen MR) is 108 cm³/mol. The van der Waals surface area contributed by atoms with Crippen LogP contribution in [0.4, 0.5) is 0 Å². The van der Waals surface area contributed by atoms with Gasteiger partial charge in [-0.05, 0) is 30.2 Å². The van der Waals surface area contributed by atoms with Gasteiger partial charge in [0.25, 0.3) is 0 Å². The molecular weight excluding hydrogens is 376 g/mol. The Morgan fingerprint density at radius 1 is 1.18 bits per heavy atom. The van der Waals surface area contributed by atoms with E-state index in [1.165, 1.54) is 0 Å². The molecule has 1 spiro atoms. The van der Waals surface area contributed by atoms with Gasteiger partial charge in [0.15, 0.2) is 0 Å². The highest BCUT2D eigenvalue weighted by Gasteiger charge is 2.41. The van der Waals surface area contributed by atoms with E-state index in [0.717, 1.165) is 29.7 Å². The van der Waals surface area contributed by atoms with E-state index < -0.39 is 11.6 Å². The van der Waals surface area contributed by atoms with Crippen LogP contribution >= 0.6 is 11.6 Å². The Hall–Kier alpha value is -2.08. The summed E-state index contributed by atoms with van der Waals surface area (Å²) >= 11 is 6.20. The van der Waals surface area contributed by atoms with Crippen molar-refractivity contribution >= 4 is 17.5 Å². The Morgan fingerprint density at radius 3 is 2.68 bits per heavy atom. The molecule has 6 heteroatoms. The van der Waals surface area contributed by atoms with E-state index in [-0.39, 0.29) is 5.91 Å². The van der Waals surface area contributed by atoms with Crippen molar-refractivity contribution in [1.82, 2.24) is 4.90 Å². The molecule has 1 fully saturated rings. The van der Waals surface area contributed by atoms with Crippen LogP contribution in [0, 0.1) is 0 Å². The van der Waals surface area contributed by atoms with Gasteiger partial charge < -0.3 is 20.1 Å². The van der Waals surface area contributed by atoms with Crippen LogP contribution in [0.2, 0.25) is 5.02 Å². The first kappa shape index (κ1) is 19.2. The summed E-state index contributed by atoms with van der Waals surface area (Å²) in [5.74, 6) is 0.726. The fourth-order valence-corrected chi connectivity index (χ4v) is 4.19. The fraction of sp³-hybridized carbons (Fsp3) is 0.409. The first-order chi connectivity index (χ1) is 13.5. The molecule has 2 aromatic rings. The van der Waals surface area contributed by atoms with Crippen LogP contribution in [-0.2, 0) is 22.5 Å². The summed E-state index contributed by atoms with van der Waals surface area (Å²) < 4.78 is 12.0. The predicted octanol–water partition coefficient (Wildman–Crippen LogP) is 3.18. The normalized spacial score (nSPS) is 19.4. The molecule has 2 aliphatic heterocycles. The maximum atomic E-state index is 13.3. The molecule has 2 aliphatic rings. The van der Waals surface area contributed by atoms with Crippen LogP contribution in [0.15, 0.2) is 48.5 Å². The monoisotopic (exact) mass is 400 g/mol. The lowest BCUT2D eigenvalue weighted by atomic mass is 9.93. The zero-order valence-corrected chi connectivity index (χ0v) is 16.5. The molecule has 0 unspecified atom stereocenters. The van der Waals surface area contributed by atoms with Gasteiger partial charge in [-0.3, -0.25) is 4.79 Å². The van der Waals surface area contributed by atoms with Crippen molar-refractivity contribution in [2.24, 2.45) is 5.73 Å². The third-order valence-electron chi connectivity index (χ3n) is 5.52. The molecule has 4 rings (SSSR count). The van der Waals surface area contributed by atoms with Crippen LogP contribution in [0.1, 0.15) is 24.0 Å². The van der Waals surface area contributed by atoms with Crippen molar-refractivity contribution in [2.75, 3.05) is 19.8 Å². The van der Waals surface area contributed by atoms with Gasteiger partial charge in [-0.15, -0.1) is 0 Å². The first-order valence-electron chi connectivity index (χ1n) is 9.68. The molecular formula is C22H25ClN2O3. The Morgan fingerprint density at radius 2 is 1.93 bits per heavy atom. The second-order valence-electron chi connectivity index (χ2n) is 7.64. The average molecular weight is 401 g/mol. The number of benzene rings is 2. The molecule has 1 atom stereocenters. The van der Waals surface area contributed by atoms with Gasteiger partial charge in [0.1, 0.15) is 11.4 Å². The SMILES string of the molecule is N[C@H](Cc1ccccc1)C(=O)N1Cc2cc(Cl)ccc2OC2(CCOCC2)C1. The van der Waals surface area contributed by atoms with E-state index in [9.17, 15) is 4.79 Å². The highest BCUT2D eigenvalue weighted by molar-refractivity contribution is 6.30. The van der Waals surface area contributed by atoms with E-state index in [2.05, 4.69) is 0 Å². The van der Waals surface area contributed by atoms with Gasteiger partial charge in [-0.2, -0.15) is 0 Å². The molecule has 1 saturated heterocycles. The fourth-order valence-electron chi connectivity index (χ4n) is 4.00. The molecule has 2 N–H and O–H groups in total. The maximum Gasteiger partial charge on any atom is 0.240 e. The summed E-state index contributed by atoms with van der Waals surface area (Å²) in [7, 11) is 0. The zero-order valence-electron chi connectivity index (χ0n) is 15.8. The van der Waals surface area contributed by atoms with Crippen molar-refractivity contribution in [3.8, 4) is 5.75 Å². The number of halogens is 1. The molecule has 28 heavy (non-hydrogen) atoms. The maximum absolute atomic E-state index is 13.3.